The van der Waals surface area contributed by atoms with Crippen LogP contribution >= 0.6 is 11.3 Å². The standard InChI is InChI=1S/C14H18N2S/c1-10(2)12-5-3-11(4-6-12)7-13-9-16-14(8-15)17-13/h3-6,9-10H,7-8,15H2,1-2H3. The maximum absolute atomic E-state index is 5.56. The fraction of sp³-hybridized carbons (Fsp3) is 0.357. The number of thiazole rings is 1. The molecule has 2 nitrogen and oxygen atoms in total. The van der Waals surface area contributed by atoms with E-state index in [1.54, 1.807) is 11.3 Å². The summed E-state index contributed by atoms with van der Waals surface area (Å²) in [5.74, 6) is 0.594. The van der Waals surface area contributed by atoms with E-state index in [0.29, 0.717) is 12.5 Å². The normalized spacial score (nSPS) is 11.1. The van der Waals surface area contributed by atoms with Gasteiger partial charge < -0.3 is 5.73 Å². The molecule has 0 spiro atoms. The Morgan fingerprint density at radius 1 is 1.24 bits per heavy atom. The van der Waals surface area contributed by atoms with E-state index in [1.807, 2.05) is 6.20 Å². The zero-order chi connectivity index (χ0) is 12.3. The first-order valence-electron chi connectivity index (χ1n) is 5.91. The molecule has 2 rings (SSSR count). The fourth-order valence-corrected chi connectivity index (χ4v) is 2.58. The average Bonchev–Trinajstić information content (AvgIpc) is 2.77. The van der Waals surface area contributed by atoms with Crippen molar-refractivity contribution in [2.75, 3.05) is 0 Å². The summed E-state index contributed by atoms with van der Waals surface area (Å²) in [4.78, 5) is 5.55. The lowest BCUT2D eigenvalue weighted by atomic mass is 10.0. The van der Waals surface area contributed by atoms with Crippen molar-refractivity contribution in [1.29, 1.82) is 0 Å². The van der Waals surface area contributed by atoms with E-state index in [0.717, 1.165) is 11.4 Å². The largest absolute Gasteiger partial charge is 0.325 e. The number of hydrogen-bond donors (Lipinski definition) is 1. The van der Waals surface area contributed by atoms with E-state index >= 15 is 0 Å². The van der Waals surface area contributed by atoms with Crippen LogP contribution in [0.5, 0.6) is 0 Å². The lowest BCUT2D eigenvalue weighted by molar-refractivity contribution is 0.865. The highest BCUT2D eigenvalue weighted by Crippen LogP contribution is 2.19. The Kier molecular flexibility index (Phi) is 3.92. The van der Waals surface area contributed by atoms with Gasteiger partial charge in [-0.3, -0.25) is 0 Å². The van der Waals surface area contributed by atoms with Gasteiger partial charge in [0.2, 0.25) is 0 Å². The van der Waals surface area contributed by atoms with Gasteiger partial charge in [-0.2, -0.15) is 0 Å². The molecule has 0 radical (unpaired) electrons. The van der Waals surface area contributed by atoms with Crippen LogP contribution in [0.4, 0.5) is 0 Å². The zero-order valence-corrected chi connectivity index (χ0v) is 11.1. The number of benzene rings is 1. The van der Waals surface area contributed by atoms with Crippen LogP contribution in [0, 0.1) is 0 Å². The Morgan fingerprint density at radius 2 is 1.94 bits per heavy atom. The first-order valence-corrected chi connectivity index (χ1v) is 6.73. The van der Waals surface area contributed by atoms with E-state index in [2.05, 4.69) is 43.1 Å². The van der Waals surface area contributed by atoms with Crippen molar-refractivity contribution >= 4 is 11.3 Å². The van der Waals surface area contributed by atoms with Crippen molar-refractivity contribution in [3.05, 3.63) is 51.5 Å². The highest BCUT2D eigenvalue weighted by molar-refractivity contribution is 7.11. The van der Waals surface area contributed by atoms with Gasteiger partial charge in [0.05, 0.1) is 0 Å². The van der Waals surface area contributed by atoms with Gasteiger partial charge in [0.15, 0.2) is 0 Å². The molecule has 0 saturated heterocycles. The maximum atomic E-state index is 5.56. The van der Waals surface area contributed by atoms with Gasteiger partial charge in [0.25, 0.3) is 0 Å². The van der Waals surface area contributed by atoms with Gasteiger partial charge in [-0.05, 0) is 17.0 Å². The Morgan fingerprint density at radius 3 is 2.47 bits per heavy atom. The van der Waals surface area contributed by atoms with Gasteiger partial charge in [-0.25, -0.2) is 4.98 Å². The minimum absolute atomic E-state index is 0.539. The molecule has 3 heteroatoms. The van der Waals surface area contributed by atoms with Crippen molar-refractivity contribution < 1.29 is 0 Å². The third kappa shape index (κ3) is 3.14. The zero-order valence-electron chi connectivity index (χ0n) is 10.3. The number of aromatic nitrogens is 1. The summed E-state index contributed by atoms with van der Waals surface area (Å²) < 4.78 is 0. The second kappa shape index (κ2) is 5.43. The van der Waals surface area contributed by atoms with Crippen LogP contribution in [0.15, 0.2) is 30.5 Å². The highest BCUT2D eigenvalue weighted by Gasteiger charge is 2.03. The minimum atomic E-state index is 0.539. The Hall–Kier alpha value is -1.19. The predicted molar refractivity (Wildman–Crippen MR) is 73.3 cm³/mol. The minimum Gasteiger partial charge on any atom is -0.325 e. The molecule has 0 unspecified atom stereocenters. The molecule has 0 fully saturated rings. The smallest absolute Gasteiger partial charge is 0.106 e. The topological polar surface area (TPSA) is 38.9 Å². The molecule has 1 heterocycles. The average molecular weight is 246 g/mol. The molecule has 0 aliphatic heterocycles. The first kappa shape index (κ1) is 12.3. The molecule has 0 amide bonds. The molecule has 2 N–H and O–H groups in total. The second-order valence-corrected chi connectivity index (χ2v) is 5.70. The van der Waals surface area contributed by atoms with E-state index < -0.39 is 0 Å². The number of rotatable bonds is 4. The van der Waals surface area contributed by atoms with Crippen molar-refractivity contribution in [2.24, 2.45) is 5.73 Å². The van der Waals surface area contributed by atoms with Crippen LogP contribution in [0.25, 0.3) is 0 Å². The SMILES string of the molecule is CC(C)c1ccc(Cc2cnc(CN)s2)cc1. The first-order chi connectivity index (χ1) is 8.19. The van der Waals surface area contributed by atoms with E-state index in [-0.39, 0.29) is 0 Å². The van der Waals surface area contributed by atoms with Crippen LogP contribution in [0.3, 0.4) is 0 Å². The summed E-state index contributed by atoms with van der Waals surface area (Å²) in [7, 11) is 0. The quantitative estimate of drug-likeness (QED) is 0.899. The molecule has 0 saturated carbocycles. The van der Waals surface area contributed by atoms with Gasteiger partial charge in [0.1, 0.15) is 5.01 Å². The summed E-state index contributed by atoms with van der Waals surface area (Å²) >= 11 is 1.70. The molecular weight excluding hydrogens is 228 g/mol. The molecule has 17 heavy (non-hydrogen) atoms. The number of hydrogen-bond acceptors (Lipinski definition) is 3. The summed E-state index contributed by atoms with van der Waals surface area (Å²) in [6, 6.07) is 8.84. The van der Waals surface area contributed by atoms with Gasteiger partial charge in [-0.15, -0.1) is 11.3 Å². The number of nitrogens with zero attached hydrogens (tertiary/aromatic N) is 1. The Bertz CT molecular complexity index is 471. The maximum Gasteiger partial charge on any atom is 0.106 e. The summed E-state index contributed by atoms with van der Waals surface area (Å²) in [5, 5.41) is 1.01. The van der Waals surface area contributed by atoms with Crippen LogP contribution in [-0.4, -0.2) is 4.98 Å². The third-order valence-electron chi connectivity index (χ3n) is 2.80. The molecular formula is C14H18N2S. The Balaban J connectivity index is 2.08. The summed E-state index contributed by atoms with van der Waals surface area (Å²) in [5.41, 5.74) is 8.28. The third-order valence-corrected chi connectivity index (χ3v) is 3.82. The predicted octanol–water partition coefficient (Wildman–Crippen LogP) is 3.32. The monoisotopic (exact) mass is 246 g/mol. The van der Waals surface area contributed by atoms with Crippen LogP contribution in [0.2, 0.25) is 0 Å². The van der Waals surface area contributed by atoms with Crippen LogP contribution < -0.4 is 5.73 Å². The van der Waals surface area contributed by atoms with Gasteiger partial charge in [0, 0.05) is 24.0 Å². The van der Waals surface area contributed by atoms with E-state index in [4.69, 9.17) is 5.73 Å². The van der Waals surface area contributed by atoms with Crippen molar-refractivity contribution in [3.63, 3.8) is 0 Å². The van der Waals surface area contributed by atoms with Crippen molar-refractivity contribution in [2.45, 2.75) is 32.7 Å². The lowest BCUT2D eigenvalue weighted by Gasteiger charge is -2.05. The van der Waals surface area contributed by atoms with E-state index in [9.17, 15) is 0 Å². The highest BCUT2D eigenvalue weighted by atomic mass is 32.1. The van der Waals surface area contributed by atoms with Crippen molar-refractivity contribution in [3.8, 4) is 0 Å². The van der Waals surface area contributed by atoms with Gasteiger partial charge >= 0.3 is 0 Å². The number of nitrogens with two attached hydrogens (primary N) is 1. The van der Waals surface area contributed by atoms with E-state index in [1.165, 1.54) is 16.0 Å². The molecule has 1 aromatic heterocycles. The molecule has 2 aromatic rings. The fourth-order valence-electron chi connectivity index (χ4n) is 1.75. The van der Waals surface area contributed by atoms with Crippen LogP contribution in [0.1, 0.15) is 40.8 Å². The lowest BCUT2D eigenvalue weighted by Crippen LogP contribution is -1.93. The molecule has 0 aliphatic rings. The second-order valence-electron chi connectivity index (χ2n) is 4.50. The van der Waals surface area contributed by atoms with Gasteiger partial charge in [-0.1, -0.05) is 38.1 Å². The molecule has 1 aromatic carbocycles. The summed E-state index contributed by atoms with van der Waals surface area (Å²) in [6.45, 7) is 4.97. The molecule has 0 bridgehead atoms. The Labute approximate surface area is 107 Å². The molecule has 0 atom stereocenters. The van der Waals surface area contributed by atoms with Crippen LogP contribution in [-0.2, 0) is 13.0 Å². The molecule has 90 valence electrons. The molecule has 0 aliphatic carbocycles. The summed E-state index contributed by atoms with van der Waals surface area (Å²) in [6.07, 6.45) is 2.89. The van der Waals surface area contributed by atoms with Crippen molar-refractivity contribution in [1.82, 2.24) is 4.98 Å².